The third-order valence-electron chi connectivity index (χ3n) is 4.12. The molecule has 4 nitrogen and oxygen atoms in total. The maximum absolute atomic E-state index is 12.2. The molecule has 1 unspecified atom stereocenters. The Balaban J connectivity index is 1.58. The lowest BCUT2D eigenvalue weighted by atomic mass is 10.1. The predicted octanol–water partition coefficient (Wildman–Crippen LogP) is 3.65. The molecule has 6 heteroatoms. The third kappa shape index (κ3) is 3.17. The van der Waals surface area contributed by atoms with E-state index in [-0.39, 0.29) is 5.56 Å². The van der Waals surface area contributed by atoms with Gasteiger partial charge in [0.1, 0.15) is 5.65 Å². The summed E-state index contributed by atoms with van der Waals surface area (Å²) in [6, 6.07) is 9.71. The lowest BCUT2D eigenvalue weighted by molar-refractivity contribution is 0.483. The van der Waals surface area contributed by atoms with E-state index in [0.717, 1.165) is 5.69 Å². The number of pyridine rings is 1. The first-order valence-corrected chi connectivity index (χ1v) is 8.91. The average Bonchev–Trinajstić information content (AvgIpc) is 3.23. The summed E-state index contributed by atoms with van der Waals surface area (Å²) in [4.78, 5) is 18.1. The fourth-order valence-corrected chi connectivity index (χ4v) is 3.88. The minimum Gasteiger partial charge on any atom is -0.303 e. The van der Waals surface area contributed by atoms with Crippen LogP contribution in [0.3, 0.4) is 0 Å². The van der Waals surface area contributed by atoms with Crippen molar-refractivity contribution in [1.29, 1.82) is 0 Å². The summed E-state index contributed by atoms with van der Waals surface area (Å²) in [5.74, 6) is 0.703. The number of halogens is 1. The molecular weight excluding hydrogens is 330 g/mol. The Morgan fingerprint density at radius 3 is 3.00 bits per heavy atom. The summed E-state index contributed by atoms with van der Waals surface area (Å²) in [6.45, 7) is 0.591. The Bertz CT molecular complexity index is 886. The smallest absolute Gasteiger partial charge is 0.258 e. The van der Waals surface area contributed by atoms with Crippen LogP contribution in [-0.4, -0.2) is 9.38 Å². The van der Waals surface area contributed by atoms with Crippen molar-refractivity contribution in [3.8, 4) is 0 Å². The quantitative estimate of drug-likeness (QED) is 0.767. The van der Waals surface area contributed by atoms with Gasteiger partial charge in [-0.1, -0.05) is 17.7 Å². The van der Waals surface area contributed by atoms with E-state index in [1.54, 1.807) is 35.7 Å². The first-order valence-electron chi connectivity index (χ1n) is 7.65. The van der Waals surface area contributed by atoms with Gasteiger partial charge >= 0.3 is 0 Å². The third-order valence-corrected chi connectivity index (χ3v) is 5.30. The van der Waals surface area contributed by atoms with E-state index in [9.17, 15) is 4.79 Å². The van der Waals surface area contributed by atoms with Crippen LogP contribution in [0.5, 0.6) is 0 Å². The average molecular weight is 346 g/mol. The summed E-state index contributed by atoms with van der Waals surface area (Å²) in [5.41, 5.74) is 1.28. The number of nitrogens with one attached hydrogen (secondary N) is 1. The summed E-state index contributed by atoms with van der Waals surface area (Å²) in [5, 5.41) is 6.21. The topological polar surface area (TPSA) is 46.4 Å². The second kappa shape index (κ2) is 6.07. The van der Waals surface area contributed by atoms with Gasteiger partial charge in [0.05, 0.1) is 10.7 Å². The molecule has 0 bridgehead atoms. The largest absolute Gasteiger partial charge is 0.303 e. The van der Waals surface area contributed by atoms with Crippen molar-refractivity contribution in [2.45, 2.75) is 25.4 Å². The lowest BCUT2D eigenvalue weighted by Crippen LogP contribution is -2.24. The molecule has 1 saturated carbocycles. The number of fused-ring (bicyclic) bond motifs is 1. The molecule has 1 aliphatic rings. The fraction of sp³-hybridized carbons (Fsp3) is 0.294. The van der Waals surface area contributed by atoms with Gasteiger partial charge in [-0.15, -0.1) is 11.3 Å². The van der Waals surface area contributed by atoms with Crippen LogP contribution >= 0.6 is 22.9 Å². The number of aromatic nitrogens is 2. The van der Waals surface area contributed by atoms with Gasteiger partial charge in [-0.05, 0) is 42.3 Å². The Labute approximate surface area is 142 Å². The Morgan fingerprint density at radius 2 is 2.26 bits per heavy atom. The number of hydrogen-bond donors (Lipinski definition) is 1. The van der Waals surface area contributed by atoms with Crippen LogP contribution in [0, 0.1) is 5.92 Å². The first-order chi connectivity index (χ1) is 11.2. The minimum absolute atomic E-state index is 0.103. The van der Waals surface area contributed by atoms with E-state index in [1.807, 2.05) is 0 Å². The summed E-state index contributed by atoms with van der Waals surface area (Å²) < 4.78 is 1.48. The van der Waals surface area contributed by atoms with Gasteiger partial charge in [0, 0.05) is 29.7 Å². The van der Waals surface area contributed by atoms with Crippen LogP contribution in [0.15, 0.2) is 46.7 Å². The molecule has 0 aliphatic heterocycles. The van der Waals surface area contributed by atoms with Crippen molar-refractivity contribution in [1.82, 2.24) is 14.7 Å². The summed E-state index contributed by atoms with van der Waals surface area (Å²) >= 11 is 7.71. The Kier molecular flexibility index (Phi) is 3.93. The fourth-order valence-electron chi connectivity index (χ4n) is 2.83. The molecule has 0 saturated heterocycles. The van der Waals surface area contributed by atoms with Crippen LogP contribution in [0.4, 0.5) is 0 Å². The highest BCUT2D eigenvalue weighted by molar-refractivity contribution is 7.10. The molecule has 1 N–H and O–H groups in total. The zero-order valence-corrected chi connectivity index (χ0v) is 14.0. The molecule has 23 heavy (non-hydrogen) atoms. The second-order valence-corrected chi connectivity index (χ2v) is 7.29. The molecule has 118 valence electrons. The van der Waals surface area contributed by atoms with Crippen molar-refractivity contribution in [3.63, 3.8) is 0 Å². The molecule has 3 aromatic rings. The van der Waals surface area contributed by atoms with E-state index in [2.05, 4.69) is 27.8 Å². The molecule has 0 spiro atoms. The molecule has 1 aliphatic carbocycles. The predicted molar refractivity (Wildman–Crippen MR) is 93.1 cm³/mol. The van der Waals surface area contributed by atoms with E-state index < -0.39 is 0 Å². The monoisotopic (exact) mass is 345 g/mol. The van der Waals surface area contributed by atoms with Crippen LogP contribution < -0.4 is 10.9 Å². The molecular formula is C17H16ClN3OS. The number of nitrogens with zero attached hydrogens (tertiary/aromatic N) is 2. The normalized spacial score (nSPS) is 15.9. The standard InChI is InChI=1S/C17H16ClN3OS/c18-12-5-6-15-20-13(8-16(22)21(15)10-12)9-19-17(11-3-4-11)14-2-1-7-23-14/h1-2,5-8,10-11,17,19H,3-4,9H2. The van der Waals surface area contributed by atoms with Crippen LogP contribution in [0.2, 0.25) is 5.02 Å². The summed E-state index contributed by atoms with van der Waals surface area (Å²) in [7, 11) is 0. The van der Waals surface area contributed by atoms with Gasteiger partial charge in [0.25, 0.3) is 5.56 Å². The maximum Gasteiger partial charge on any atom is 0.258 e. The molecule has 0 amide bonds. The van der Waals surface area contributed by atoms with Gasteiger partial charge in [0.15, 0.2) is 0 Å². The van der Waals surface area contributed by atoms with E-state index >= 15 is 0 Å². The molecule has 0 aromatic carbocycles. The molecule has 1 atom stereocenters. The van der Waals surface area contributed by atoms with E-state index in [4.69, 9.17) is 11.6 Å². The SMILES string of the molecule is O=c1cc(CNC(c2cccs2)C2CC2)nc2ccc(Cl)cn12. The maximum atomic E-state index is 12.2. The van der Waals surface area contributed by atoms with Gasteiger partial charge < -0.3 is 5.32 Å². The molecule has 1 fully saturated rings. The highest BCUT2D eigenvalue weighted by atomic mass is 35.5. The molecule has 0 radical (unpaired) electrons. The first kappa shape index (κ1) is 14.9. The van der Waals surface area contributed by atoms with Gasteiger partial charge in [-0.2, -0.15) is 0 Å². The highest BCUT2D eigenvalue weighted by Crippen LogP contribution is 2.42. The number of hydrogen-bond acceptors (Lipinski definition) is 4. The minimum atomic E-state index is -0.103. The van der Waals surface area contributed by atoms with E-state index in [1.165, 1.54) is 22.1 Å². The van der Waals surface area contributed by atoms with Crippen molar-refractivity contribution in [3.05, 3.63) is 67.9 Å². The zero-order chi connectivity index (χ0) is 15.8. The molecule has 3 aromatic heterocycles. The van der Waals surface area contributed by atoms with Crippen LogP contribution in [0.1, 0.15) is 29.5 Å². The number of thiophene rings is 1. The lowest BCUT2D eigenvalue weighted by Gasteiger charge is -2.16. The number of rotatable bonds is 5. The van der Waals surface area contributed by atoms with E-state index in [0.29, 0.717) is 29.2 Å². The van der Waals surface area contributed by atoms with Crippen LogP contribution in [0.25, 0.3) is 5.65 Å². The molecule has 3 heterocycles. The van der Waals surface area contributed by atoms with Gasteiger partial charge in [-0.25, -0.2) is 4.98 Å². The Hall–Kier alpha value is -1.69. The van der Waals surface area contributed by atoms with Gasteiger partial charge in [-0.3, -0.25) is 9.20 Å². The highest BCUT2D eigenvalue weighted by Gasteiger charge is 2.32. The van der Waals surface area contributed by atoms with Crippen molar-refractivity contribution in [2.24, 2.45) is 5.92 Å². The zero-order valence-electron chi connectivity index (χ0n) is 12.4. The molecule has 4 rings (SSSR count). The van der Waals surface area contributed by atoms with Crippen molar-refractivity contribution in [2.75, 3.05) is 0 Å². The summed E-state index contributed by atoms with van der Waals surface area (Å²) in [6.07, 6.45) is 4.13. The van der Waals surface area contributed by atoms with Gasteiger partial charge in [0.2, 0.25) is 0 Å². The van der Waals surface area contributed by atoms with Crippen molar-refractivity contribution < 1.29 is 0 Å². The van der Waals surface area contributed by atoms with Crippen LogP contribution in [-0.2, 0) is 6.54 Å². The second-order valence-electron chi connectivity index (χ2n) is 5.87. The van der Waals surface area contributed by atoms with Crippen molar-refractivity contribution >= 4 is 28.6 Å². The Morgan fingerprint density at radius 1 is 1.39 bits per heavy atom.